The molecule has 0 unspecified atom stereocenters. The standard InChI is InChI=1S/C42H59N3O7/c1-29(2)25-31(5)21-22-34(26-32-15-9-7-10-16-32)40(48)45-24-14-20-37(45)38(46)27-35(30(3)4)39(47)44-36(41(49)51-6)19-13-23-43-42(50)52-28-33-17-11-8-12-18-33/h7-12,15-18,21-22,29-31,34-37H,13-14,19-20,23-28H2,1-6H3,(H,43,50)(H,44,47)/b22-21+/t31-,34-,35+,36+,37-/m1/s1. The van der Waals surface area contributed by atoms with Crippen molar-refractivity contribution in [2.75, 3.05) is 20.2 Å². The van der Waals surface area contributed by atoms with Gasteiger partial charge in [0.15, 0.2) is 5.78 Å². The molecule has 1 fully saturated rings. The maximum Gasteiger partial charge on any atom is 0.407 e. The second kappa shape index (κ2) is 21.8. The van der Waals surface area contributed by atoms with Gasteiger partial charge in [0.05, 0.1) is 19.1 Å². The van der Waals surface area contributed by atoms with E-state index < -0.39 is 41.9 Å². The fourth-order valence-corrected chi connectivity index (χ4v) is 6.75. The van der Waals surface area contributed by atoms with E-state index in [1.165, 1.54) is 7.11 Å². The number of Topliss-reactive ketones (excluding diaryl/α,β-unsaturated/α-hetero) is 1. The molecule has 284 valence electrons. The summed E-state index contributed by atoms with van der Waals surface area (Å²) in [5.74, 6) is -1.71. The average Bonchev–Trinajstić information content (AvgIpc) is 3.62. The molecule has 52 heavy (non-hydrogen) atoms. The van der Waals surface area contributed by atoms with Crippen LogP contribution in [0.25, 0.3) is 0 Å². The summed E-state index contributed by atoms with van der Waals surface area (Å²) in [6.07, 6.45) is 6.92. The van der Waals surface area contributed by atoms with Crippen LogP contribution in [0.3, 0.4) is 0 Å². The number of hydrogen-bond donors (Lipinski definition) is 2. The predicted molar refractivity (Wildman–Crippen MR) is 202 cm³/mol. The molecule has 1 aliphatic rings. The number of carbonyl (C=O) groups excluding carboxylic acids is 5. The first kappa shape index (κ1) is 41.9. The van der Waals surface area contributed by atoms with Gasteiger partial charge in [-0.2, -0.15) is 0 Å². The molecule has 0 spiro atoms. The van der Waals surface area contributed by atoms with Crippen LogP contribution in [0.1, 0.15) is 84.3 Å². The summed E-state index contributed by atoms with van der Waals surface area (Å²) in [5, 5.41) is 5.47. The number of carbonyl (C=O) groups is 5. The number of hydrogen-bond acceptors (Lipinski definition) is 7. The highest BCUT2D eigenvalue weighted by Crippen LogP contribution is 2.27. The van der Waals surface area contributed by atoms with E-state index in [2.05, 4.69) is 37.5 Å². The van der Waals surface area contributed by atoms with Crippen molar-refractivity contribution in [1.82, 2.24) is 15.5 Å². The Balaban J connectivity index is 1.62. The highest BCUT2D eigenvalue weighted by molar-refractivity contribution is 5.94. The minimum Gasteiger partial charge on any atom is -0.467 e. The number of esters is 1. The Bertz CT molecular complexity index is 1460. The molecule has 2 aromatic carbocycles. The minimum atomic E-state index is -0.954. The Hall–Kier alpha value is -4.47. The molecule has 0 aromatic heterocycles. The molecule has 0 aliphatic carbocycles. The summed E-state index contributed by atoms with van der Waals surface area (Å²) in [5.41, 5.74) is 1.92. The Labute approximate surface area is 310 Å². The van der Waals surface area contributed by atoms with Crippen LogP contribution < -0.4 is 10.6 Å². The smallest absolute Gasteiger partial charge is 0.407 e. The van der Waals surface area contributed by atoms with E-state index >= 15 is 0 Å². The number of nitrogens with one attached hydrogen (secondary N) is 2. The van der Waals surface area contributed by atoms with Gasteiger partial charge in [0.25, 0.3) is 0 Å². The molecule has 1 saturated heterocycles. The first-order chi connectivity index (χ1) is 24.9. The number of ether oxygens (including phenoxy) is 2. The number of allylic oxidation sites excluding steroid dienone is 1. The highest BCUT2D eigenvalue weighted by atomic mass is 16.5. The number of alkyl carbamates (subject to hydrolysis) is 1. The second-order valence-electron chi connectivity index (χ2n) is 14.7. The topological polar surface area (TPSA) is 131 Å². The summed E-state index contributed by atoms with van der Waals surface area (Å²) < 4.78 is 10.2. The molecule has 0 radical (unpaired) electrons. The molecule has 10 nitrogen and oxygen atoms in total. The molecule has 3 amide bonds. The quantitative estimate of drug-likeness (QED) is 0.0889. The fourth-order valence-electron chi connectivity index (χ4n) is 6.75. The van der Waals surface area contributed by atoms with E-state index in [4.69, 9.17) is 9.47 Å². The zero-order chi connectivity index (χ0) is 38.0. The molecule has 1 aliphatic heterocycles. The Morgan fingerprint density at radius 2 is 1.56 bits per heavy atom. The van der Waals surface area contributed by atoms with Crippen molar-refractivity contribution < 1.29 is 33.4 Å². The normalized spacial score (nSPS) is 16.7. The Morgan fingerprint density at radius 3 is 2.17 bits per heavy atom. The molecule has 3 rings (SSSR count). The fraction of sp³-hybridized carbons (Fsp3) is 0.548. The summed E-state index contributed by atoms with van der Waals surface area (Å²) in [4.78, 5) is 68.2. The van der Waals surface area contributed by atoms with Crippen LogP contribution in [0.2, 0.25) is 0 Å². The van der Waals surface area contributed by atoms with Gasteiger partial charge in [-0.1, -0.05) is 107 Å². The van der Waals surface area contributed by atoms with Gasteiger partial charge in [0, 0.05) is 25.4 Å². The second-order valence-corrected chi connectivity index (χ2v) is 14.7. The molecular weight excluding hydrogens is 658 g/mol. The SMILES string of the molecule is COC(=O)[C@H](CCCNC(=O)OCc1ccccc1)NC(=O)[C@@H](CC(=O)[C@H]1CCCN1C(=O)[C@H](/C=C/[C@@H](C)CC(C)C)Cc1ccccc1)C(C)C. The number of benzene rings is 2. The van der Waals surface area contributed by atoms with E-state index in [1.807, 2.05) is 80.6 Å². The van der Waals surface area contributed by atoms with E-state index in [9.17, 15) is 24.0 Å². The van der Waals surface area contributed by atoms with Gasteiger partial charge in [0.2, 0.25) is 11.8 Å². The van der Waals surface area contributed by atoms with Crippen molar-refractivity contribution in [3.8, 4) is 0 Å². The molecule has 0 saturated carbocycles. The largest absolute Gasteiger partial charge is 0.467 e. The number of ketones is 1. The lowest BCUT2D eigenvalue weighted by Gasteiger charge is -2.29. The van der Waals surface area contributed by atoms with Crippen LogP contribution in [0.5, 0.6) is 0 Å². The van der Waals surface area contributed by atoms with Gasteiger partial charge < -0.3 is 25.0 Å². The van der Waals surface area contributed by atoms with Crippen molar-refractivity contribution in [3.63, 3.8) is 0 Å². The third-order valence-electron chi connectivity index (χ3n) is 9.55. The van der Waals surface area contributed by atoms with Gasteiger partial charge in [-0.25, -0.2) is 9.59 Å². The van der Waals surface area contributed by atoms with Crippen molar-refractivity contribution in [2.45, 2.75) is 98.3 Å². The zero-order valence-electron chi connectivity index (χ0n) is 31.8. The van der Waals surface area contributed by atoms with E-state index in [1.54, 1.807) is 4.90 Å². The molecule has 2 aromatic rings. The van der Waals surface area contributed by atoms with Gasteiger partial charge in [-0.15, -0.1) is 0 Å². The first-order valence-electron chi connectivity index (χ1n) is 18.8. The van der Waals surface area contributed by atoms with Crippen molar-refractivity contribution in [1.29, 1.82) is 0 Å². The lowest BCUT2D eigenvalue weighted by Crippen LogP contribution is -2.48. The van der Waals surface area contributed by atoms with Gasteiger partial charge in [-0.05, 0) is 67.4 Å². The molecule has 5 atom stereocenters. The number of methoxy groups -OCH3 is 1. The molecule has 2 N–H and O–H groups in total. The number of nitrogens with zero attached hydrogens (tertiary/aromatic N) is 1. The Morgan fingerprint density at radius 1 is 0.904 bits per heavy atom. The molecule has 0 bridgehead atoms. The van der Waals surface area contributed by atoms with Crippen LogP contribution in [0.4, 0.5) is 4.79 Å². The molecule has 1 heterocycles. The number of amides is 3. The van der Waals surface area contributed by atoms with Crippen LogP contribution in [0.15, 0.2) is 72.8 Å². The monoisotopic (exact) mass is 717 g/mol. The van der Waals surface area contributed by atoms with Crippen LogP contribution >= 0.6 is 0 Å². The first-order valence-corrected chi connectivity index (χ1v) is 18.8. The van der Waals surface area contributed by atoms with Crippen LogP contribution in [-0.2, 0) is 41.7 Å². The molecule has 10 heteroatoms. The van der Waals surface area contributed by atoms with Crippen LogP contribution in [-0.4, -0.2) is 66.8 Å². The van der Waals surface area contributed by atoms with Crippen molar-refractivity contribution >= 4 is 29.7 Å². The summed E-state index contributed by atoms with van der Waals surface area (Å²) in [6.45, 7) is 11.1. The lowest BCUT2D eigenvalue weighted by molar-refractivity contribution is -0.146. The Kier molecular flexibility index (Phi) is 17.6. The van der Waals surface area contributed by atoms with E-state index in [-0.39, 0.29) is 43.6 Å². The van der Waals surface area contributed by atoms with E-state index in [0.717, 1.165) is 17.5 Å². The van der Waals surface area contributed by atoms with Gasteiger partial charge >= 0.3 is 12.1 Å². The predicted octanol–water partition coefficient (Wildman–Crippen LogP) is 6.67. The van der Waals surface area contributed by atoms with E-state index in [0.29, 0.717) is 44.1 Å². The summed E-state index contributed by atoms with van der Waals surface area (Å²) in [6, 6.07) is 17.7. The zero-order valence-corrected chi connectivity index (χ0v) is 31.8. The van der Waals surface area contributed by atoms with Crippen LogP contribution in [0, 0.1) is 29.6 Å². The van der Waals surface area contributed by atoms with Crippen molar-refractivity contribution in [3.05, 3.63) is 83.9 Å². The summed E-state index contributed by atoms with van der Waals surface area (Å²) >= 11 is 0. The van der Waals surface area contributed by atoms with Crippen molar-refractivity contribution in [2.24, 2.45) is 29.6 Å². The third kappa shape index (κ3) is 13.9. The average molecular weight is 718 g/mol. The minimum absolute atomic E-state index is 0.0503. The maximum atomic E-state index is 14.1. The number of rotatable bonds is 20. The van der Waals surface area contributed by atoms with Gasteiger partial charge in [0.1, 0.15) is 12.6 Å². The maximum absolute atomic E-state index is 14.1. The molecular formula is C42H59N3O7. The highest BCUT2D eigenvalue weighted by Gasteiger charge is 2.39. The lowest BCUT2D eigenvalue weighted by atomic mass is 9.87. The number of likely N-dealkylation sites (tertiary alicyclic amines) is 1. The summed E-state index contributed by atoms with van der Waals surface area (Å²) in [7, 11) is 1.25. The third-order valence-corrected chi connectivity index (χ3v) is 9.55. The van der Waals surface area contributed by atoms with Gasteiger partial charge in [-0.3, -0.25) is 14.4 Å².